The van der Waals surface area contributed by atoms with E-state index in [2.05, 4.69) is 26.2 Å². The highest BCUT2D eigenvalue weighted by molar-refractivity contribution is 9.09. The van der Waals surface area contributed by atoms with Crippen molar-refractivity contribution in [1.29, 1.82) is 0 Å². The number of alkyl halides is 1. The van der Waals surface area contributed by atoms with Crippen LogP contribution in [0.25, 0.3) is 0 Å². The lowest BCUT2D eigenvalue weighted by Gasteiger charge is -2.17. The summed E-state index contributed by atoms with van der Waals surface area (Å²) >= 11 is 3.45. The number of nitrogens with zero attached hydrogens (tertiary/aromatic N) is 1. The zero-order chi connectivity index (χ0) is 12.3. The lowest BCUT2D eigenvalue weighted by molar-refractivity contribution is -0.123. The van der Waals surface area contributed by atoms with Crippen LogP contribution in [-0.2, 0) is 4.79 Å². The fourth-order valence-corrected chi connectivity index (χ4v) is 1.30. The lowest BCUT2D eigenvalue weighted by Crippen LogP contribution is -2.28. The van der Waals surface area contributed by atoms with Crippen molar-refractivity contribution in [3.8, 4) is 0 Å². The predicted molar refractivity (Wildman–Crippen MR) is 69.7 cm³/mol. The second-order valence-corrected chi connectivity index (χ2v) is 6.14. The highest BCUT2D eigenvalue weighted by Gasteiger charge is 2.21. The highest BCUT2D eigenvalue weighted by Crippen LogP contribution is 2.21. The topological polar surface area (TPSA) is 42.0 Å². The Morgan fingerprint density at radius 2 is 2.06 bits per heavy atom. The maximum absolute atomic E-state index is 11.8. The van der Waals surface area contributed by atoms with Gasteiger partial charge in [0.25, 0.3) is 0 Å². The number of aromatic nitrogens is 1. The van der Waals surface area contributed by atoms with Gasteiger partial charge in [0.05, 0.1) is 10.5 Å². The van der Waals surface area contributed by atoms with Crippen molar-refractivity contribution in [2.75, 3.05) is 5.32 Å². The van der Waals surface area contributed by atoms with E-state index >= 15 is 0 Å². The maximum Gasteiger partial charge on any atom is 0.230 e. The third-order valence-electron chi connectivity index (χ3n) is 2.10. The molecule has 1 atom stereocenters. The number of nitrogens with one attached hydrogen (secondary N) is 1. The van der Waals surface area contributed by atoms with Gasteiger partial charge in [0, 0.05) is 5.41 Å². The zero-order valence-corrected chi connectivity index (χ0v) is 11.6. The summed E-state index contributed by atoms with van der Waals surface area (Å²) in [5.74, 6) is 0.572. The molecule has 1 aromatic rings. The molecule has 0 fully saturated rings. The van der Waals surface area contributed by atoms with Gasteiger partial charge in [-0.1, -0.05) is 42.8 Å². The minimum absolute atomic E-state index is 0.0284. The molecule has 0 aliphatic heterocycles. The Bertz CT molecular complexity index is 383. The first kappa shape index (κ1) is 13.2. The molecular weight excluding hydrogens is 268 g/mol. The van der Waals surface area contributed by atoms with E-state index in [1.165, 1.54) is 0 Å². The number of hydrogen-bond donors (Lipinski definition) is 1. The van der Waals surface area contributed by atoms with Gasteiger partial charge < -0.3 is 5.32 Å². The van der Waals surface area contributed by atoms with Crippen LogP contribution in [0.5, 0.6) is 0 Å². The second kappa shape index (κ2) is 4.95. The van der Waals surface area contributed by atoms with Crippen molar-refractivity contribution in [1.82, 2.24) is 4.98 Å². The van der Waals surface area contributed by atoms with E-state index < -0.39 is 5.41 Å². The van der Waals surface area contributed by atoms with E-state index in [1.807, 2.05) is 39.8 Å². The van der Waals surface area contributed by atoms with Crippen LogP contribution in [0.2, 0.25) is 0 Å². The van der Waals surface area contributed by atoms with Gasteiger partial charge in [-0.25, -0.2) is 4.98 Å². The minimum Gasteiger partial charge on any atom is -0.310 e. The molecule has 0 spiro atoms. The Balaban J connectivity index is 2.83. The quantitative estimate of drug-likeness (QED) is 0.845. The summed E-state index contributed by atoms with van der Waals surface area (Å²) < 4.78 is 0. The Hall–Kier alpha value is -0.900. The second-order valence-electron chi connectivity index (χ2n) is 4.77. The fraction of sp³-hybridized carbons (Fsp3) is 0.500. The number of carbonyl (C=O) groups excluding carboxylic acids is 1. The molecule has 0 saturated heterocycles. The molecule has 1 aromatic heterocycles. The Kier molecular flexibility index (Phi) is 4.08. The number of pyridine rings is 1. The SMILES string of the molecule is CC(Br)c1cccc(NC(=O)C(C)(C)C)n1. The van der Waals surface area contributed by atoms with Crippen LogP contribution >= 0.6 is 15.9 Å². The minimum atomic E-state index is -0.405. The molecule has 0 saturated carbocycles. The van der Waals surface area contributed by atoms with Crippen molar-refractivity contribution >= 4 is 27.7 Å². The Morgan fingerprint density at radius 3 is 2.56 bits per heavy atom. The summed E-state index contributed by atoms with van der Waals surface area (Å²) in [7, 11) is 0. The molecule has 16 heavy (non-hydrogen) atoms. The number of halogens is 1. The zero-order valence-electron chi connectivity index (χ0n) is 10.0. The first-order valence-corrected chi connectivity index (χ1v) is 6.15. The summed E-state index contributed by atoms with van der Waals surface area (Å²) in [6, 6.07) is 5.60. The van der Waals surface area contributed by atoms with Gasteiger partial charge in [0.15, 0.2) is 0 Å². The lowest BCUT2D eigenvalue weighted by atomic mass is 9.96. The van der Waals surface area contributed by atoms with Crippen molar-refractivity contribution in [3.05, 3.63) is 23.9 Å². The third kappa shape index (κ3) is 3.59. The van der Waals surface area contributed by atoms with Crippen molar-refractivity contribution in [3.63, 3.8) is 0 Å². The molecule has 0 aromatic carbocycles. The molecule has 0 aliphatic carbocycles. The first-order chi connectivity index (χ1) is 7.30. The standard InChI is InChI=1S/C12H17BrN2O/c1-8(13)9-6-5-7-10(14-9)15-11(16)12(2,3)4/h5-8H,1-4H3,(H,14,15,16). The van der Waals surface area contributed by atoms with E-state index in [-0.39, 0.29) is 10.7 Å². The number of amides is 1. The van der Waals surface area contributed by atoms with Crippen LogP contribution < -0.4 is 5.32 Å². The Morgan fingerprint density at radius 1 is 1.44 bits per heavy atom. The largest absolute Gasteiger partial charge is 0.310 e. The maximum atomic E-state index is 11.8. The normalized spacial score (nSPS) is 13.3. The van der Waals surface area contributed by atoms with E-state index in [1.54, 1.807) is 6.07 Å². The van der Waals surface area contributed by atoms with Crippen molar-refractivity contribution < 1.29 is 4.79 Å². The van der Waals surface area contributed by atoms with E-state index in [4.69, 9.17) is 0 Å². The molecule has 4 heteroatoms. The number of rotatable bonds is 2. The number of hydrogen-bond acceptors (Lipinski definition) is 2. The molecule has 0 aliphatic rings. The van der Waals surface area contributed by atoms with Gasteiger partial charge in [-0.3, -0.25) is 4.79 Å². The van der Waals surface area contributed by atoms with Crippen molar-refractivity contribution in [2.45, 2.75) is 32.5 Å². The third-order valence-corrected chi connectivity index (χ3v) is 2.57. The molecular formula is C12H17BrN2O. The Labute approximate surface area is 105 Å². The summed E-state index contributed by atoms with van der Waals surface area (Å²) in [5, 5.41) is 2.81. The summed E-state index contributed by atoms with van der Waals surface area (Å²) in [6.07, 6.45) is 0. The van der Waals surface area contributed by atoms with E-state index in [9.17, 15) is 4.79 Å². The molecule has 1 amide bonds. The van der Waals surface area contributed by atoms with Gasteiger partial charge in [-0.05, 0) is 19.1 Å². The smallest absolute Gasteiger partial charge is 0.230 e. The highest BCUT2D eigenvalue weighted by atomic mass is 79.9. The van der Waals surface area contributed by atoms with Crippen LogP contribution in [-0.4, -0.2) is 10.9 Å². The van der Waals surface area contributed by atoms with Crippen LogP contribution in [0.15, 0.2) is 18.2 Å². The summed E-state index contributed by atoms with van der Waals surface area (Å²) in [6.45, 7) is 7.62. The molecule has 3 nitrogen and oxygen atoms in total. The number of anilines is 1. The van der Waals surface area contributed by atoms with Gasteiger partial charge in [0.2, 0.25) is 5.91 Å². The average Bonchev–Trinajstić information content (AvgIpc) is 2.16. The van der Waals surface area contributed by atoms with E-state index in [0.717, 1.165) is 5.69 Å². The van der Waals surface area contributed by atoms with Crippen LogP contribution in [0.4, 0.5) is 5.82 Å². The van der Waals surface area contributed by atoms with Gasteiger partial charge >= 0.3 is 0 Å². The number of carbonyl (C=O) groups is 1. The molecule has 1 heterocycles. The molecule has 0 radical (unpaired) electrons. The summed E-state index contributed by atoms with van der Waals surface area (Å²) in [4.78, 5) is 16.3. The summed E-state index contributed by atoms with van der Waals surface area (Å²) in [5.41, 5.74) is 0.504. The van der Waals surface area contributed by atoms with Crippen LogP contribution in [0.3, 0.4) is 0 Å². The monoisotopic (exact) mass is 284 g/mol. The van der Waals surface area contributed by atoms with Crippen molar-refractivity contribution in [2.24, 2.45) is 5.41 Å². The van der Waals surface area contributed by atoms with Gasteiger partial charge in [0.1, 0.15) is 5.82 Å². The molecule has 0 bridgehead atoms. The van der Waals surface area contributed by atoms with Gasteiger partial charge in [-0.15, -0.1) is 0 Å². The molecule has 1 unspecified atom stereocenters. The first-order valence-electron chi connectivity index (χ1n) is 5.23. The van der Waals surface area contributed by atoms with Gasteiger partial charge in [-0.2, -0.15) is 0 Å². The average molecular weight is 285 g/mol. The molecule has 88 valence electrons. The van der Waals surface area contributed by atoms with Crippen LogP contribution in [0, 0.1) is 5.41 Å². The molecule has 1 N–H and O–H groups in total. The fourth-order valence-electron chi connectivity index (χ4n) is 1.05. The predicted octanol–water partition coefficient (Wildman–Crippen LogP) is 3.52. The van der Waals surface area contributed by atoms with E-state index in [0.29, 0.717) is 5.82 Å². The molecule has 1 rings (SSSR count). The van der Waals surface area contributed by atoms with Crippen LogP contribution in [0.1, 0.15) is 38.2 Å².